The number of carbonyl (C=O) groups excluding carboxylic acids is 1. The number of nitrogens with one attached hydrogen (secondary N) is 1. The summed E-state index contributed by atoms with van der Waals surface area (Å²) in [6, 6.07) is 0. The summed E-state index contributed by atoms with van der Waals surface area (Å²) < 4.78 is 0. The number of hydrogen-bond acceptors (Lipinski definition) is 2. The molecule has 0 aliphatic heterocycles. The van der Waals surface area contributed by atoms with Crippen LogP contribution in [0, 0.1) is 0 Å². The van der Waals surface area contributed by atoms with Crippen LogP contribution in [0.25, 0.3) is 0 Å². The third-order valence-electron chi connectivity index (χ3n) is 1.72. The Balaban J connectivity index is 3.96. The molecule has 0 aromatic heterocycles. The van der Waals surface area contributed by atoms with Gasteiger partial charge in [-0.05, 0) is 27.2 Å². The van der Waals surface area contributed by atoms with Crippen LogP contribution in [0.4, 0.5) is 0 Å². The minimum absolute atomic E-state index is 0.0109. The van der Waals surface area contributed by atoms with Crippen LogP contribution < -0.4 is 5.32 Å². The van der Waals surface area contributed by atoms with Crippen LogP contribution in [0.2, 0.25) is 0 Å². The number of thiol groups is 1. The normalized spacial score (nSPS) is 14.1. The maximum absolute atomic E-state index is 11.2. The van der Waals surface area contributed by atoms with Crippen LogP contribution in [0.3, 0.4) is 0 Å². The molecule has 0 rings (SSSR count). The molecule has 0 aromatic rings. The van der Waals surface area contributed by atoms with Crippen molar-refractivity contribution in [1.82, 2.24) is 5.32 Å². The van der Waals surface area contributed by atoms with E-state index >= 15 is 0 Å². The van der Waals surface area contributed by atoms with Gasteiger partial charge in [-0.2, -0.15) is 12.6 Å². The van der Waals surface area contributed by atoms with Gasteiger partial charge >= 0.3 is 0 Å². The first kappa shape index (κ1) is 11.8. The van der Waals surface area contributed by atoms with Gasteiger partial charge in [0, 0.05) is 5.54 Å². The van der Waals surface area contributed by atoms with Gasteiger partial charge in [0.2, 0.25) is 5.91 Å². The zero-order chi connectivity index (χ0) is 9.78. The van der Waals surface area contributed by atoms with Gasteiger partial charge in [-0.1, -0.05) is 13.3 Å². The van der Waals surface area contributed by atoms with E-state index in [0.717, 1.165) is 12.8 Å². The highest BCUT2D eigenvalue weighted by atomic mass is 32.1. The standard InChI is InChI=1S/C9H19NOS/c1-5-6-9(3,4)10-8(11)7(2)12/h7,12H,5-6H2,1-4H3,(H,10,11). The minimum atomic E-state index is -0.221. The topological polar surface area (TPSA) is 29.1 Å². The summed E-state index contributed by atoms with van der Waals surface area (Å²) in [7, 11) is 0. The van der Waals surface area contributed by atoms with Crippen molar-refractivity contribution in [1.29, 1.82) is 0 Å². The molecule has 1 atom stereocenters. The fourth-order valence-electron chi connectivity index (χ4n) is 1.13. The highest BCUT2D eigenvalue weighted by Crippen LogP contribution is 2.11. The van der Waals surface area contributed by atoms with E-state index < -0.39 is 0 Å². The first-order valence-corrected chi connectivity index (χ1v) is 4.91. The van der Waals surface area contributed by atoms with Crippen LogP contribution >= 0.6 is 12.6 Å². The predicted octanol–water partition coefficient (Wildman–Crippen LogP) is 2.00. The summed E-state index contributed by atoms with van der Waals surface area (Å²) in [6.07, 6.45) is 2.08. The fourth-order valence-corrected chi connectivity index (χ4v) is 1.19. The Labute approximate surface area is 80.5 Å². The summed E-state index contributed by atoms with van der Waals surface area (Å²) in [5, 5.41) is 2.72. The van der Waals surface area contributed by atoms with Crippen molar-refractivity contribution in [3.63, 3.8) is 0 Å². The molecule has 0 aromatic carbocycles. The molecule has 72 valence electrons. The second kappa shape index (κ2) is 4.75. The molecule has 1 unspecified atom stereocenters. The maximum Gasteiger partial charge on any atom is 0.232 e. The van der Waals surface area contributed by atoms with Gasteiger partial charge in [0.25, 0.3) is 0 Å². The van der Waals surface area contributed by atoms with Gasteiger partial charge in [-0.25, -0.2) is 0 Å². The molecular formula is C9H19NOS. The lowest BCUT2D eigenvalue weighted by Crippen LogP contribution is -2.45. The molecule has 0 fully saturated rings. The number of rotatable bonds is 4. The predicted molar refractivity (Wildman–Crippen MR) is 55.6 cm³/mol. The van der Waals surface area contributed by atoms with Crippen LogP contribution in [0.1, 0.15) is 40.5 Å². The summed E-state index contributed by atoms with van der Waals surface area (Å²) in [5.41, 5.74) is -0.0944. The second-order valence-corrected chi connectivity index (χ2v) is 4.57. The number of carbonyl (C=O) groups is 1. The first-order valence-electron chi connectivity index (χ1n) is 4.39. The van der Waals surface area contributed by atoms with Crippen LogP contribution in [0.5, 0.6) is 0 Å². The summed E-state index contributed by atoms with van der Waals surface area (Å²) >= 11 is 4.06. The lowest BCUT2D eigenvalue weighted by molar-refractivity contribution is -0.121. The van der Waals surface area contributed by atoms with Crippen molar-refractivity contribution >= 4 is 18.5 Å². The Hall–Kier alpha value is -0.180. The van der Waals surface area contributed by atoms with Crippen molar-refractivity contribution in [2.75, 3.05) is 0 Å². The van der Waals surface area contributed by atoms with Crippen molar-refractivity contribution in [2.24, 2.45) is 0 Å². The molecule has 1 amide bonds. The molecule has 0 saturated carbocycles. The molecule has 2 nitrogen and oxygen atoms in total. The Morgan fingerprint density at radius 2 is 2.08 bits per heavy atom. The third kappa shape index (κ3) is 4.65. The van der Waals surface area contributed by atoms with Crippen molar-refractivity contribution in [2.45, 2.75) is 51.3 Å². The molecule has 0 aliphatic rings. The van der Waals surface area contributed by atoms with Gasteiger partial charge in [-0.15, -0.1) is 0 Å². The highest BCUT2D eigenvalue weighted by molar-refractivity contribution is 7.81. The lowest BCUT2D eigenvalue weighted by atomic mass is 9.99. The van der Waals surface area contributed by atoms with Gasteiger partial charge in [0.15, 0.2) is 0 Å². The van der Waals surface area contributed by atoms with Crippen LogP contribution in [-0.2, 0) is 4.79 Å². The maximum atomic E-state index is 11.2. The summed E-state index contributed by atoms with van der Waals surface area (Å²) in [4.78, 5) is 11.2. The zero-order valence-electron chi connectivity index (χ0n) is 8.35. The highest BCUT2D eigenvalue weighted by Gasteiger charge is 2.20. The fraction of sp³-hybridized carbons (Fsp3) is 0.889. The SMILES string of the molecule is CCCC(C)(C)NC(=O)C(C)S. The van der Waals surface area contributed by atoms with E-state index in [-0.39, 0.29) is 16.7 Å². The van der Waals surface area contributed by atoms with E-state index in [2.05, 4.69) is 24.9 Å². The average molecular weight is 189 g/mol. The molecule has 1 N–H and O–H groups in total. The average Bonchev–Trinajstić information content (AvgIpc) is 1.85. The van der Waals surface area contributed by atoms with Gasteiger partial charge in [0.1, 0.15) is 0 Å². The molecule has 0 heterocycles. The number of hydrogen-bond donors (Lipinski definition) is 2. The van der Waals surface area contributed by atoms with Gasteiger partial charge in [0.05, 0.1) is 5.25 Å². The van der Waals surface area contributed by atoms with E-state index in [1.165, 1.54) is 0 Å². The molecule has 0 spiro atoms. The Morgan fingerprint density at radius 3 is 2.42 bits per heavy atom. The Bertz CT molecular complexity index is 155. The van der Waals surface area contributed by atoms with Crippen molar-refractivity contribution in [3.8, 4) is 0 Å². The quantitative estimate of drug-likeness (QED) is 0.651. The molecular weight excluding hydrogens is 170 g/mol. The summed E-state index contributed by atoms with van der Waals surface area (Å²) in [5.74, 6) is 0.0109. The van der Waals surface area contributed by atoms with Gasteiger partial charge < -0.3 is 5.32 Å². The zero-order valence-corrected chi connectivity index (χ0v) is 9.24. The van der Waals surface area contributed by atoms with Crippen molar-refractivity contribution < 1.29 is 4.79 Å². The van der Waals surface area contributed by atoms with E-state index in [1.54, 1.807) is 6.92 Å². The minimum Gasteiger partial charge on any atom is -0.350 e. The second-order valence-electron chi connectivity index (χ2n) is 3.80. The Kier molecular flexibility index (Phi) is 4.68. The molecule has 0 aliphatic carbocycles. The van der Waals surface area contributed by atoms with E-state index in [4.69, 9.17) is 0 Å². The largest absolute Gasteiger partial charge is 0.350 e. The Morgan fingerprint density at radius 1 is 1.58 bits per heavy atom. The van der Waals surface area contributed by atoms with E-state index in [9.17, 15) is 4.79 Å². The molecule has 0 radical (unpaired) electrons. The summed E-state index contributed by atoms with van der Waals surface area (Å²) in [6.45, 7) is 7.95. The van der Waals surface area contributed by atoms with Gasteiger partial charge in [-0.3, -0.25) is 4.79 Å². The lowest BCUT2D eigenvalue weighted by Gasteiger charge is -2.26. The molecule has 3 heteroatoms. The first-order chi connectivity index (χ1) is 5.39. The smallest absolute Gasteiger partial charge is 0.232 e. The van der Waals surface area contributed by atoms with E-state index in [0.29, 0.717) is 0 Å². The van der Waals surface area contributed by atoms with Crippen LogP contribution in [0.15, 0.2) is 0 Å². The van der Waals surface area contributed by atoms with Crippen LogP contribution in [-0.4, -0.2) is 16.7 Å². The molecule has 0 saturated heterocycles. The van der Waals surface area contributed by atoms with Crippen molar-refractivity contribution in [3.05, 3.63) is 0 Å². The van der Waals surface area contributed by atoms with E-state index in [1.807, 2.05) is 13.8 Å². The molecule has 0 bridgehead atoms. The third-order valence-corrected chi connectivity index (χ3v) is 1.95. The monoisotopic (exact) mass is 189 g/mol. The number of amides is 1. The molecule has 12 heavy (non-hydrogen) atoms.